The molecule has 20 heavy (non-hydrogen) atoms. The molecule has 0 spiro atoms. The molecule has 0 saturated carbocycles. The average Bonchev–Trinajstić information content (AvgIpc) is 2.40. The van der Waals surface area contributed by atoms with Crippen LogP contribution < -0.4 is 5.32 Å². The van der Waals surface area contributed by atoms with Crippen LogP contribution in [0.5, 0.6) is 0 Å². The van der Waals surface area contributed by atoms with E-state index in [-0.39, 0.29) is 12.0 Å². The Hall–Kier alpha value is -0.650. The number of ether oxygens (including phenoxy) is 3. The van der Waals surface area contributed by atoms with Crippen molar-refractivity contribution in [3.63, 3.8) is 0 Å². The van der Waals surface area contributed by atoms with Gasteiger partial charge in [-0.1, -0.05) is 6.92 Å². The van der Waals surface area contributed by atoms with E-state index in [1.165, 1.54) is 0 Å². The van der Waals surface area contributed by atoms with Crippen LogP contribution in [0.3, 0.4) is 0 Å². The maximum atomic E-state index is 12.0. The van der Waals surface area contributed by atoms with Gasteiger partial charge in [-0.05, 0) is 34.1 Å². The lowest BCUT2D eigenvalue weighted by molar-refractivity contribution is -0.128. The minimum atomic E-state index is -0.609. The van der Waals surface area contributed by atoms with Crippen LogP contribution in [0.2, 0.25) is 0 Å². The van der Waals surface area contributed by atoms with Gasteiger partial charge in [-0.15, -0.1) is 0 Å². The summed E-state index contributed by atoms with van der Waals surface area (Å²) in [6.45, 7) is 12.2. The third kappa shape index (κ3) is 8.51. The lowest BCUT2D eigenvalue weighted by Crippen LogP contribution is -2.58. The van der Waals surface area contributed by atoms with Gasteiger partial charge in [-0.3, -0.25) is 4.79 Å². The molecule has 0 radical (unpaired) electrons. The normalized spacial score (nSPS) is 11.9. The molecule has 5 nitrogen and oxygen atoms in total. The summed E-state index contributed by atoms with van der Waals surface area (Å²) >= 11 is 0. The minimum Gasteiger partial charge on any atom is -0.379 e. The van der Waals surface area contributed by atoms with Gasteiger partial charge < -0.3 is 19.5 Å². The predicted octanol–water partition coefficient (Wildman–Crippen LogP) is 2.14. The highest BCUT2D eigenvalue weighted by Crippen LogP contribution is 2.11. The maximum absolute atomic E-state index is 12.0. The predicted molar refractivity (Wildman–Crippen MR) is 79.9 cm³/mol. The van der Waals surface area contributed by atoms with Gasteiger partial charge in [0.15, 0.2) is 0 Å². The number of hydrogen-bond acceptors (Lipinski definition) is 4. The van der Waals surface area contributed by atoms with E-state index in [9.17, 15) is 4.79 Å². The Labute approximate surface area is 123 Å². The van der Waals surface area contributed by atoms with Gasteiger partial charge in [-0.25, -0.2) is 0 Å². The van der Waals surface area contributed by atoms with Crippen molar-refractivity contribution in [3.8, 4) is 0 Å². The van der Waals surface area contributed by atoms with Crippen LogP contribution in [-0.2, 0) is 19.0 Å². The number of nitrogens with one attached hydrogen (secondary N) is 1. The van der Waals surface area contributed by atoms with E-state index in [1.54, 1.807) is 0 Å². The van der Waals surface area contributed by atoms with E-state index in [1.807, 2.05) is 34.6 Å². The smallest absolute Gasteiger partial charge is 0.220 e. The highest BCUT2D eigenvalue weighted by Gasteiger charge is 2.33. The molecule has 1 N–H and O–H groups in total. The summed E-state index contributed by atoms with van der Waals surface area (Å²) in [5.41, 5.74) is -0.609. The molecule has 1 amide bonds. The van der Waals surface area contributed by atoms with Crippen LogP contribution >= 0.6 is 0 Å². The lowest BCUT2D eigenvalue weighted by atomic mass is 10.0. The summed E-state index contributed by atoms with van der Waals surface area (Å²) in [4.78, 5) is 12.0. The maximum Gasteiger partial charge on any atom is 0.220 e. The zero-order valence-corrected chi connectivity index (χ0v) is 13.7. The van der Waals surface area contributed by atoms with Gasteiger partial charge in [0.05, 0.1) is 25.9 Å². The summed E-state index contributed by atoms with van der Waals surface area (Å²) in [5, 5.41) is 3.04. The molecule has 0 aromatic rings. The largest absolute Gasteiger partial charge is 0.379 e. The fourth-order valence-electron chi connectivity index (χ4n) is 1.74. The standard InChI is InChI=1S/C15H31NO4/c1-6-9-14(17)16-15(10-18-7-2,11-19-8-3)12-20-13(4)5/h13H,6-12H2,1-5H3,(H,16,17). The molecule has 0 aliphatic heterocycles. The molecule has 0 saturated heterocycles. The first kappa shape index (κ1) is 19.4. The van der Waals surface area contributed by atoms with E-state index in [0.29, 0.717) is 39.5 Å². The van der Waals surface area contributed by atoms with Crippen molar-refractivity contribution >= 4 is 5.91 Å². The van der Waals surface area contributed by atoms with Crippen molar-refractivity contribution < 1.29 is 19.0 Å². The van der Waals surface area contributed by atoms with Crippen molar-refractivity contribution in [2.45, 2.75) is 59.1 Å². The zero-order chi connectivity index (χ0) is 15.4. The van der Waals surface area contributed by atoms with Crippen molar-refractivity contribution in [1.29, 1.82) is 0 Å². The molecule has 0 rings (SSSR count). The average molecular weight is 289 g/mol. The second-order valence-electron chi connectivity index (χ2n) is 5.21. The molecule has 0 aliphatic carbocycles. The van der Waals surface area contributed by atoms with Gasteiger partial charge >= 0.3 is 0 Å². The van der Waals surface area contributed by atoms with Crippen molar-refractivity contribution in [3.05, 3.63) is 0 Å². The van der Waals surface area contributed by atoms with Gasteiger partial charge in [0.1, 0.15) is 5.54 Å². The van der Waals surface area contributed by atoms with E-state index >= 15 is 0 Å². The van der Waals surface area contributed by atoms with Crippen LogP contribution in [0, 0.1) is 0 Å². The SMILES string of the molecule is CCCC(=O)NC(COCC)(COCC)COC(C)C. The summed E-state index contributed by atoms with van der Waals surface area (Å²) in [6.07, 6.45) is 1.42. The van der Waals surface area contributed by atoms with Crippen LogP contribution in [0.15, 0.2) is 0 Å². The highest BCUT2D eigenvalue weighted by molar-refractivity contribution is 5.76. The first-order chi connectivity index (χ1) is 9.49. The molecule has 0 atom stereocenters. The fraction of sp³-hybridized carbons (Fsp3) is 0.933. The van der Waals surface area contributed by atoms with Crippen molar-refractivity contribution in [1.82, 2.24) is 5.32 Å². The second-order valence-corrected chi connectivity index (χ2v) is 5.21. The van der Waals surface area contributed by atoms with E-state index in [0.717, 1.165) is 6.42 Å². The molecule has 0 heterocycles. The first-order valence-corrected chi connectivity index (χ1v) is 7.57. The number of rotatable bonds is 12. The quantitative estimate of drug-likeness (QED) is 0.598. The number of carbonyl (C=O) groups is 1. The molecule has 120 valence electrons. The summed E-state index contributed by atoms with van der Waals surface area (Å²) in [5.74, 6) is 0.0132. The molecule has 0 aromatic carbocycles. The summed E-state index contributed by atoms with van der Waals surface area (Å²) in [6, 6.07) is 0. The van der Waals surface area contributed by atoms with Crippen LogP contribution in [0.4, 0.5) is 0 Å². The molecular formula is C15H31NO4. The summed E-state index contributed by atoms with van der Waals surface area (Å²) in [7, 11) is 0. The van der Waals surface area contributed by atoms with E-state index in [2.05, 4.69) is 5.32 Å². The third-order valence-corrected chi connectivity index (χ3v) is 2.74. The number of carbonyl (C=O) groups excluding carboxylic acids is 1. The Kier molecular flexibility index (Phi) is 10.7. The zero-order valence-electron chi connectivity index (χ0n) is 13.7. The fourth-order valence-corrected chi connectivity index (χ4v) is 1.74. The Balaban J connectivity index is 4.81. The highest BCUT2D eigenvalue weighted by atomic mass is 16.5. The van der Waals surface area contributed by atoms with Crippen LogP contribution in [-0.4, -0.2) is 50.6 Å². The first-order valence-electron chi connectivity index (χ1n) is 7.57. The van der Waals surface area contributed by atoms with Crippen molar-refractivity contribution in [2.24, 2.45) is 0 Å². The van der Waals surface area contributed by atoms with Gasteiger partial charge in [-0.2, -0.15) is 0 Å². The molecule has 0 unspecified atom stereocenters. The van der Waals surface area contributed by atoms with Gasteiger partial charge in [0, 0.05) is 19.6 Å². The Bertz CT molecular complexity index is 248. The molecule has 0 bridgehead atoms. The third-order valence-electron chi connectivity index (χ3n) is 2.74. The van der Waals surface area contributed by atoms with Crippen molar-refractivity contribution in [2.75, 3.05) is 33.0 Å². The van der Waals surface area contributed by atoms with E-state index < -0.39 is 5.54 Å². The lowest BCUT2D eigenvalue weighted by Gasteiger charge is -2.34. The number of amides is 1. The number of hydrogen-bond donors (Lipinski definition) is 1. The van der Waals surface area contributed by atoms with E-state index in [4.69, 9.17) is 14.2 Å². The van der Waals surface area contributed by atoms with Gasteiger partial charge in [0.2, 0.25) is 5.91 Å². The van der Waals surface area contributed by atoms with Gasteiger partial charge in [0.25, 0.3) is 0 Å². The summed E-state index contributed by atoms with van der Waals surface area (Å²) < 4.78 is 16.8. The van der Waals surface area contributed by atoms with Crippen LogP contribution in [0.25, 0.3) is 0 Å². The minimum absolute atomic E-state index is 0.0132. The monoisotopic (exact) mass is 289 g/mol. The van der Waals surface area contributed by atoms with Crippen LogP contribution in [0.1, 0.15) is 47.5 Å². The molecule has 5 heteroatoms. The second kappa shape index (κ2) is 11.1. The molecule has 0 aromatic heterocycles. The Morgan fingerprint density at radius 3 is 2.00 bits per heavy atom. The molecule has 0 fully saturated rings. The molecule has 0 aliphatic rings. The Morgan fingerprint density at radius 2 is 1.60 bits per heavy atom. The Morgan fingerprint density at radius 1 is 1.05 bits per heavy atom. The molecular weight excluding hydrogens is 258 g/mol. The topological polar surface area (TPSA) is 56.8 Å².